The van der Waals surface area contributed by atoms with Crippen molar-refractivity contribution in [2.75, 3.05) is 18.1 Å². The van der Waals surface area contributed by atoms with E-state index >= 15 is 0 Å². The van der Waals surface area contributed by atoms with Crippen molar-refractivity contribution in [3.8, 4) is 5.75 Å². The van der Waals surface area contributed by atoms with Crippen LogP contribution in [0.5, 0.6) is 5.75 Å². The van der Waals surface area contributed by atoms with Crippen LogP contribution in [0.3, 0.4) is 0 Å². The molecule has 1 aromatic carbocycles. The molecule has 4 nitrogen and oxygen atoms in total. The van der Waals surface area contributed by atoms with Crippen molar-refractivity contribution in [1.82, 2.24) is 0 Å². The normalized spacial score (nSPS) is 11.1. The van der Waals surface area contributed by atoms with Gasteiger partial charge in [0.1, 0.15) is 12.4 Å². The molecule has 0 amide bonds. The number of hydrogen-bond acceptors (Lipinski definition) is 4. The minimum absolute atomic E-state index is 0.0574. The van der Waals surface area contributed by atoms with Gasteiger partial charge in [-0.2, -0.15) is 0 Å². The Morgan fingerprint density at radius 2 is 1.94 bits per heavy atom. The van der Waals surface area contributed by atoms with Gasteiger partial charge < -0.3 is 10.1 Å². The van der Waals surface area contributed by atoms with Crippen LogP contribution in [-0.2, 0) is 9.84 Å². The quantitative estimate of drug-likeness (QED) is 0.768. The SMILES string of the molecule is CC(=N)CS(=O)(=O)CCOc1ccccc1. The molecule has 5 heteroatoms. The molecule has 0 saturated heterocycles. The van der Waals surface area contributed by atoms with Crippen molar-refractivity contribution < 1.29 is 13.2 Å². The van der Waals surface area contributed by atoms with Crippen molar-refractivity contribution in [2.45, 2.75) is 6.92 Å². The van der Waals surface area contributed by atoms with Crippen molar-refractivity contribution in [1.29, 1.82) is 5.41 Å². The topological polar surface area (TPSA) is 67.2 Å². The zero-order valence-electron chi connectivity index (χ0n) is 9.14. The molecule has 0 aliphatic heterocycles. The van der Waals surface area contributed by atoms with E-state index in [4.69, 9.17) is 10.1 Å². The third kappa shape index (κ3) is 4.93. The minimum atomic E-state index is -3.20. The van der Waals surface area contributed by atoms with E-state index < -0.39 is 9.84 Å². The molecule has 0 heterocycles. The van der Waals surface area contributed by atoms with Gasteiger partial charge in [-0.1, -0.05) is 18.2 Å². The lowest BCUT2D eigenvalue weighted by Gasteiger charge is -2.06. The molecule has 0 unspecified atom stereocenters. The lowest BCUT2D eigenvalue weighted by Crippen LogP contribution is -2.20. The van der Waals surface area contributed by atoms with Gasteiger partial charge in [-0.3, -0.25) is 0 Å². The molecule has 0 fully saturated rings. The van der Waals surface area contributed by atoms with E-state index in [9.17, 15) is 8.42 Å². The Hall–Kier alpha value is -1.36. The average molecular weight is 241 g/mol. The van der Waals surface area contributed by atoms with Gasteiger partial charge in [0.05, 0.1) is 11.5 Å². The van der Waals surface area contributed by atoms with Crippen molar-refractivity contribution in [3.63, 3.8) is 0 Å². The minimum Gasteiger partial charge on any atom is -0.493 e. The first-order chi connectivity index (χ1) is 7.49. The molecule has 1 rings (SSSR count). The van der Waals surface area contributed by atoms with E-state index in [1.807, 2.05) is 18.2 Å². The summed E-state index contributed by atoms with van der Waals surface area (Å²) in [6, 6.07) is 9.06. The first-order valence-electron chi connectivity index (χ1n) is 4.92. The van der Waals surface area contributed by atoms with Gasteiger partial charge in [-0.05, 0) is 19.1 Å². The fourth-order valence-corrected chi connectivity index (χ4v) is 2.35. The smallest absolute Gasteiger partial charge is 0.158 e. The van der Waals surface area contributed by atoms with Crippen LogP contribution >= 0.6 is 0 Å². The van der Waals surface area contributed by atoms with Crippen molar-refractivity contribution in [3.05, 3.63) is 30.3 Å². The molecule has 0 aliphatic carbocycles. The Balaban J connectivity index is 2.39. The van der Waals surface area contributed by atoms with Crippen LogP contribution in [0.2, 0.25) is 0 Å². The maximum atomic E-state index is 11.4. The fraction of sp³-hybridized carbons (Fsp3) is 0.364. The second-order valence-electron chi connectivity index (χ2n) is 3.53. The summed E-state index contributed by atoms with van der Waals surface area (Å²) < 4.78 is 28.1. The van der Waals surface area contributed by atoms with Crippen LogP contribution in [0.25, 0.3) is 0 Å². The Kier molecular flexibility index (Phi) is 4.49. The van der Waals surface area contributed by atoms with Gasteiger partial charge in [0.15, 0.2) is 9.84 Å². The van der Waals surface area contributed by atoms with Crippen LogP contribution in [0, 0.1) is 5.41 Å². The molecule has 0 atom stereocenters. The lowest BCUT2D eigenvalue weighted by atomic mass is 10.3. The highest BCUT2D eigenvalue weighted by Crippen LogP contribution is 2.08. The number of benzene rings is 1. The summed E-state index contributed by atoms with van der Waals surface area (Å²) in [6.07, 6.45) is 0. The first kappa shape index (κ1) is 12.7. The number of ether oxygens (including phenoxy) is 1. The zero-order chi connectivity index (χ0) is 12.0. The number of sulfone groups is 1. The van der Waals surface area contributed by atoms with Crippen molar-refractivity contribution in [2.24, 2.45) is 0 Å². The van der Waals surface area contributed by atoms with E-state index in [0.717, 1.165) is 0 Å². The van der Waals surface area contributed by atoms with E-state index in [-0.39, 0.29) is 23.8 Å². The van der Waals surface area contributed by atoms with Gasteiger partial charge in [-0.15, -0.1) is 0 Å². The van der Waals surface area contributed by atoms with Crippen LogP contribution < -0.4 is 4.74 Å². The third-order valence-corrected chi connectivity index (χ3v) is 3.50. The first-order valence-corrected chi connectivity index (χ1v) is 6.74. The summed E-state index contributed by atoms with van der Waals surface area (Å²) in [4.78, 5) is 0. The maximum Gasteiger partial charge on any atom is 0.158 e. The Bertz CT molecular complexity index is 440. The number of hydrogen-bond donors (Lipinski definition) is 1. The number of rotatable bonds is 6. The zero-order valence-corrected chi connectivity index (χ0v) is 9.96. The number of para-hydroxylation sites is 1. The molecule has 0 bridgehead atoms. The monoisotopic (exact) mass is 241 g/mol. The molecule has 0 radical (unpaired) electrons. The average Bonchev–Trinajstić information content (AvgIpc) is 2.16. The summed E-state index contributed by atoms with van der Waals surface area (Å²) in [7, 11) is -3.20. The largest absolute Gasteiger partial charge is 0.493 e. The highest BCUT2D eigenvalue weighted by atomic mass is 32.2. The van der Waals surface area contributed by atoms with Gasteiger partial charge in [-0.25, -0.2) is 8.42 Å². The Morgan fingerprint density at radius 1 is 1.31 bits per heavy atom. The molecule has 0 spiro atoms. The van der Waals surface area contributed by atoms with Gasteiger partial charge >= 0.3 is 0 Å². The summed E-state index contributed by atoms with van der Waals surface area (Å²) in [6.45, 7) is 1.61. The van der Waals surface area contributed by atoms with Crippen molar-refractivity contribution >= 4 is 15.5 Å². The molecule has 88 valence electrons. The van der Waals surface area contributed by atoms with E-state index in [0.29, 0.717) is 5.75 Å². The van der Waals surface area contributed by atoms with Crippen LogP contribution in [0.15, 0.2) is 30.3 Å². The lowest BCUT2D eigenvalue weighted by molar-refractivity contribution is 0.341. The standard InChI is InChI=1S/C11H15NO3S/c1-10(12)9-16(13,14)8-7-15-11-5-3-2-4-6-11/h2-6,12H,7-9H2,1H3. The second kappa shape index (κ2) is 5.65. The van der Waals surface area contributed by atoms with Crippen LogP contribution in [0.4, 0.5) is 0 Å². The molecule has 0 saturated carbocycles. The second-order valence-corrected chi connectivity index (χ2v) is 5.72. The van der Waals surface area contributed by atoms with E-state index in [1.54, 1.807) is 12.1 Å². The highest BCUT2D eigenvalue weighted by Gasteiger charge is 2.11. The third-order valence-electron chi connectivity index (χ3n) is 1.84. The molecule has 0 aromatic heterocycles. The maximum absolute atomic E-state index is 11.4. The van der Waals surface area contributed by atoms with E-state index in [2.05, 4.69) is 0 Å². The highest BCUT2D eigenvalue weighted by molar-refractivity contribution is 7.92. The predicted octanol–water partition coefficient (Wildman–Crippen LogP) is 1.52. The summed E-state index contributed by atoms with van der Waals surface area (Å²) in [5.41, 5.74) is 0.153. The summed E-state index contributed by atoms with van der Waals surface area (Å²) in [5.74, 6) is 0.410. The Labute approximate surface area is 95.7 Å². The van der Waals surface area contributed by atoms with Gasteiger partial charge in [0.25, 0.3) is 0 Å². The molecular weight excluding hydrogens is 226 g/mol. The van der Waals surface area contributed by atoms with Crippen LogP contribution in [-0.4, -0.2) is 32.2 Å². The Morgan fingerprint density at radius 3 is 2.50 bits per heavy atom. The summed E-state index contributed by atoms with van der Waals surface area (Å²) in [5, 5.41) is 7.13. The molecule has 0 aliphatic rings. The molecule has 16 heavy (non-hydrogen) atoms. The van der Waals surface area contributed by atoms with Gasteiger partial charge in [0, 0.05) is 5.71 Å². The van der Waals surface area contributed by atoms with Gasteiger partial charge in [0.2, 0.25) is 0 Å². The molecule has 1 aromatic rings. The fourth-order valence-electron chi connectivity index (χ4n) is 1.21. The molecule has 1 N–H and O–H groups in total. The van der Waals surface area contributed by atoms with Crippen LogP contribution in [0.1, 0.15) is 6.92 Å². The molecular formula is C11H15NO3S. The van der Waals surface area contributed by atoms with E-state index in [1.165, 1.54) is 6.92 Å². The summed E-state index contributed by atoms with van der Waals surface area (Å²) >= 11 is 0. The predicted molar refractivity (Wildman–Crippen MR) is 64.0 cm³/mol. The number of nitrogens with one attached hydrogen (secondary N) is 1.